The highest BCUT2D eigenvalue weighted by atomic mass is 31.2. The second-order valence-corrected chi connectivity index (χ2v) is 8.05. The summed E-state index contributed by atoms with van der Waals surface area (Å²) in [5.41, 5.74) is 0.499. The van der Waals surface area contributed by atoms with Gasteiger partial charge < -0.3 is 14.7 Å². The maximum Gasteiger partial charge on any atom is 0.325 e. The van der Waals surface area contributed by atoms with E-state index in [0.717, 1.165) is 37.1 Å². The quantitative estimate of drug-likeness (QED) is 0.794. The third-order valence-corrected chi connectivity index (χ3v) is 5.47. The minimum atomic E-state index is -3.92. The molecule has 0 atom stereocenters. The Hall–Kier alpha value is -1.76. The van der Waals surface area contributed by atoms with Crippen LogP contribution in [-0.2, 0) is 11.6 Å². The van der Waals surface area contributed by atoms with Gasteiger partial charge in [0, 0.05) is 26.2 Å². The molecule has 1 aliphatic heterocycles. The lowest BCUT2D eigenvalue weighted by Gasteiger charge is -2.33. The van der Waals surface area contributed by atoms with Gasteiger partial charge in [0.05, 0.1) is 11.5 Å². The molecule has 3 heterocycles. The van der Waals surface area contributed by atoms with Crippen LogP contribution >= 0.6 is 7.60 Å². The molecule has 1 saturated heterocycles. The molecule has 0 spiro atoms. The second-order valence-electron chi connectivity index (χ2n) is 6.27. The summed E-state index contributed by atoms with van der Waals surface area (Å²) in [5, 5.41) is 0.841. The molecule has 1 aliphatic rings. The monoisotopic (exact) mass is 352 g/mol. The van der Waals surface area contributed by atoms with Crippen LogP contribution in [0.2, 0.25) is 0 Å². The maximum atomic E-state index is 11.7. The van der Waals surface area contributed by atoms with E-state index in [1.165, 1.54) is 17.0 Å². The zero-order valence-corrected chi connectivity index (χ0v) is 14.4. The van der Waals surface area contributed by atoms with E-state index >= 15 is 0 Å². The van der Waals surface area contributed by atoms with E-state index in [-0.39, 0.29) is 11.7 Å². The van der Waals surface area contributed by atoms with Crippen LogP contribution < -0.4 is 10.5 Å². The van der Waals surface area contributed by atoms with Crippen molar-refractivity contribution in [3.05, 3.63) is 28.8 Å². The van der Waals surface area contributed by atoms with Gasteiger partial charge >= 0.3 is 7.60 Å². The molecule has 0 radical (unpaired) electrons. The Morgan fingerprint density at radius 1 is 1.25 bits per heavy atom. The Balaban J connectivity index is 1.75. The lowest BCUT2D eigenvalue weighted by Crippen LogP contribution is -2.35. The van der Waals surface area contributed by atoms with Gasteiger partial charge in [-0.1, -0.05) is 0 Å². The van der Waals surface area contributed by atoms with Crippen molar-refractivity contribution >= 4 is 24.4 Å². The van der Waals surface area contributed by atoms with Crippen LogP contribution in [0.15, 0.2) is 23.3 Å². The molecule has 1 fully saturated rings. The topological polar surface area (TPSA) is 109 Å². The lowest BCUT2D eigenvalue weighted by molar-refractivity contribution is 0.350. The summed E-state index contributed by atoms with van der Waals surface area (Å²) in [6.45, 7) is 1.56. The number of fused-ring (bicyclic) bond motifs is 1. The molecule has 130 valence electrons. The number of aryl methyl sites for hydroxylation is 1. The number of nitrogens with zero attached hydrogens (tertiary/aromatic N) is 4. The summed E-state index contributed by atoms with van der Waals surface area (Å²) in [7, 11) is -2.22. The number of rotatable bonds is 4. The van der Waals surface area contributed by atoms with E-state index in [2.05, 4.69) is 14.9 Å². The zero-order chi connectivity index (χ0) is 17.3. The minimum Gasteiger partial charge on any atom is -0.356 e. The number of hydrogen-bond acceptors (Lipinski definition) is 5. The molecule has 2 aromatic heterocycles. The number of hydrogen-bond donors (Lipinski definition) is 2. The van der Waals surface area contributed by atoms with Gasteiger partial charge in [0.2, 0.25) is 0 Å². The second kappa shape index (κ2) is 6.63. The van der Waals surface area contributed by atoms with Crippen LogP contribution in [0.5, 0.6) is 0 Å². The van der Waals surface area contributed by atoms with Gasteiger partial charge in [0.1, 0.15) is 17.8 Å². The predicted octanol–water partition coefficient (Wildman–Crippen LogP) is 1.11. The zero-order valence-electron chi connectivity index (χ0n) is 13.5. The van der Waals surface area contributed by atoms with Crippen molar-refractivity contribution < 1.29 is 14.4 Å². The molecule has 3 rings (SSSR count). The van der Waals surface area contributed by atoms with Crippen LogP contribution in [0.25, 0.3) is 11.0 Å². The molecule has 24 heavy (non-hydrogen) atoms. The molecule has 0 aromatic carbocycles. The molecule has 9 heteroatoms. The summed E-state index contributed by atoms with van der Waals surface area (Å²) < 4.78 is 12.5. The number of anilines is 1. The van der Waals surface area contributed by atoms with E-state index in [1.807, 2.05) is 0 Å². The highest BCUT2D eigenvalue weighted by molar-refractivity contribution is 7.51. The summed E-state index contributed by atoms with van der Waals surface area (Å²) in [6, 6.07) is 3.27. The molecule has 8 nitrogen and oxygen atoms in total. The molecular weight excluding hydrogens is 331 g/mol. The molecular formula is C15H21N4O4P. The highest BCUT2D eigenvalue weighted by Gasteiger charge is 2.24. The summed E-state index contributed by atoms with van der Waals surface area (Å²) in [5.74, 6) is 1.13. The standard InChI is InChI=1S/C15H21N4O4P/c1-18-13(20)3-2-12-14(18)16-10-17-15(12)19-7-4-11(5-8-19)6-9-24(21,22)23/h2-3,10-11H,4-9H2,1H3,(H2,21,22,23). The normalized spacial score (nSPS) is 16.7. The smallest absolute Gasteiger partial charge is 0.325 e. The van der Waals surface area contributed by atoms with Crippen LogP contribution in [0.1, 0.15) is 19.3 Å². The van der Waals surface area contributed by atoms with E-state index in [1.54, 1.807) is 13.1 Å². The third-order valence-electron chi connectivity index (χ3n) is 4.63. The average molecular weight is 352 g/mol. The average Bonchev–Trinajstić information content (AvgIpc) is 2.56. The fraction of sp³-hybridized carbons (Fsp3) is 0.533. The van der Waals surface area contributed by atoms with Gasteiger partial charge in [-0.15, -0.1) is 0 Å². The van der Waals surface area contributed by atoms with Gasteiger partial charge in [-0.3, -0.25) is 13.9 Å². The van der Waals surface area contributed by atoms with Crippen molar-refractivity contribution in [1.29, 1.82) is 0 Å². The summed E-state index contributed by atoms with van der Waals surface area (Å²) in [6.07, 6.45) is 3.72. The van der Waals surface area contributed by atoms with E-state index < -0.39 is 7.60 Å². The first-order valence-electron chi connectivity index (χ1n) is 7.95. The SMILES string of the molecule is Cn1c(=O)ccc2c(N3CCC(CCP(=O)(O)O)CC3)ncnc21. The molecule has 0 amide bonds. The van der Waals surface area contributed by atoms with Crippen LogP contribution in [0, 0.1) is 5.92 Å². The Labute approximate surface area is 139 Å². The molecule has 2 aromatic rings. The van der Waals surface area contributed by atoms with Crippen molar-refractivity contribution in [2.45, 2.75) is 19.3 Å². The summed E-state index contributed by atoms with van der Waals surface area (Å²) in [4.78, 5) is 40.5. The molecule has 0 aliphatic carbocycles. The van der Waals surface area contributed by atoms with Gasteiger partial charge in [0.25, 0.3) is 5.56 Å². The van der Waals surface area contributed by atoms with Crippen molar-refractivity contribution in [3.63, 3.8) is 0 Å². The van der Waals surface area contributed by atoms with Crippen molar-refractivity contribution in [3.8, 4) is 0 Å². The Bertz CT molecular complexity index is 839. The largest absolute Gasteiger partial charge is 0.356 e. The van der Waals surface area contributed by atoms with E-state index in [9.17, 15) is 9.36 Å². The fourth-order valence-corrected chi connectivity index (χ4v) is 3.90. The predicted molar refractivity (Wildman–Crippen MR) is 91.2 cm³/mol. The lowest BCUT2D eigenvalue weighted by atomic mass is 9.94. The van der Waals surface area contributed by atoms with Crippen LogP contribution in [0.4, 0.5) is 5.82 Å². The Morgan fingerprint density at radius 2 is 1.96 bits per heavy atom. The molecule has 0 unspecified atom stereocenters. The molecule has 0 saturated carbocycles. The first kappa shape index (κ1) is 17.1. The third kappa shape index (κ3) is 3.66. The van der Waals surface area contributed by atoms with Gasteiger partial charge in [-0.05, 0) is 31.2 Å². The highest BCUT2D eigenvalue weighted by Crippen LogP contribution is 2.38. The Morgan fingerprint density at radius 3 is 2.62 bits per heavy atom. The van der Waals surface area contributed by atoms with Crippen molar-refractivity contribution in [2.24, 2.45) is 13.0 Å². The van der Waals surface area contributed by atoms with Gasteiger partial charge in [-0.2, -0.15) is 0 Å². The van der Waals surface area contributed by atoms with E-state index in [4.69, 9.17) is 9.79 Å². The van der Waals surface area contributed by atoms with Gasteiger partial charge in [0.15, 0.2) is 0 Å². The molecule has 0 bridgehead atoms. The van der Waals surface area contributed by atoms with Crippen LogP contribution in [0.3, 0.4) is 0 Å². The minimum absolute atomic E-state index is 0.0454. The van der Waals surface area contributed by atoms with Crippen molar-refractivity contribution in [2.75, 3.05) is 24.2 Å². The van der Waals surface area contributed by atoms with Gasteiger partial charge in [-0.25, -0.2) is 9.97 Å². The van der Waals surface area contributed by atoms with E-state index in [0.29, 0.717) is 18.0 Å². The van der Waals surface area contributed by atoms with Crippen molar-refractivity contribution in [1.82, 2.24) is 14.5 Å². The molecule has 2 N–H and O–H groups in total. The fourth-order valence-electron chi connectivity index (χ4n) is 3.20. The van der Waals surface area contributed by atoms with Crippen LogP contribution in [-0.4, -0.2) is 43.6 Å². The number of pyridine rings is 1. The number of piperidine rings is 1. The first-order chi connectivity index (χ1) is 11.3. The first-order valence-corrected chi connectivity index (χ1v) is 9.75. The summed E-state index contributed by atoms with van der Waals surface area (Å²) >= 11 is 0. The Kier molecular flexibility index (Phi) is 4.71. The number of aromatic nitrogens is 3. The maximum absolute atomic E-state index is 11.7.